The van der Waals surface area contributed by atoms with E-state index < -0.39 is 0 Å². The summed E-state index contributed by atoms with van der Waals surface area (Å²) in [6.07, 6.45) is 1.33. The maximum absolute atomic E-state index is 13.0. The van der Waals surface area contributed by atoms with Crippen LogP contribution in [0.15, 0.2) is 40.8 Å². The van der Waals surface area contributed by atoms with Crippen LogP contribution in [0.5, 0.6) is 5.75 Å². The Labute approximate surface area is 180 Å². The molecule has 0 aliphatic carbocycles. The van der Waals surface area contributed by atoms with Crippen molar-refractivity contribution in [2.45, 2.75) is 32.7 Å². The summed E-state index contributed by atoms with van der Waals surface area (Å²) in [5.74, 6) is 1.32. The molecule has 0 unspecified atom stereocenters. The summed E-state index contributed by atoms with van der Waals surface area (Å²) in [5.41, 5.74) is 1.77. The molecular formula is C22H25N5O4. The molecule has 9 nitrogen and oxygen atoms in total. The molecule has 1 aromatic carbocycles. The van der Waals surface area contributed by atoms with Gasteiger partial charge in [-0.25, -0.2) is 4.68 Å². The second-order valence-electron chi connectivity index (χ2n) is 7.59. The van der Waals surface area contributed by atoms with Crippen LogP contribution in [0, 0.1) is 13.8 Å². The lowest BCUT2D eigenvalue weighted by Gasteiger charge is -2.31. The number of nitrogens with one attached hydrogen (secondary N) is 1. The van der Waals surface area contributed by atoms with E-state index in [0.717, 1.165) is 5.69 Å². The molecule has 0 atom stereocenters. The van der Waals surface area contributed by atoms with Crippen molar-refractivity contribution in [3.8, 4) is 11.4 Å². The van der Waals surface area contributed by atoms with E-state index in [0.29, 0.717) is 54.6 Å². The number of aryl methyl sites for hydroxylation is 1. The first-order valence-electron chi connectivity index (χ1n) is 10.2. The first-order valence-corrected chi connectivity index (χ1v) is 10.2. The van der Waals surface area contributed by atoms with Crippen molar-refractivity contribution in [3.63, 3.8) is 0 Å². The van der Waals surface area contributed by atoms with E-state index in [4.69, 9.17) is 9.15 Å². The molecule has 2 amide bonds. The van der Waals surface area contributed by atoms with Gasteiger partial charge in [0, 0.05) is 25.2 Å². The lowest BCUT2D eigenvalue weighted by atomic mass is 10.0. The summed E-state index contributed by atoms with van der Waals surface area (Å²) >= 11 is 0. The Morgan fingerprint density at radius 3 is 2.61 bits per heavy atom. The molecule has 1 N–H and O–H groups in total. The summed E-state index contributed by atoms with van der Waals surface area (Å²) in [4.78, 5) is 27.1. The van der Waals surface area contributed by atoms with Crippen LogP contribution in [0.3, 0.4) is 0 Å². The normalized spacial score (nSPS) is 14.5. The first-order chi connectivity index (χ1) is 15.0. The Hall–Kier alpha value is -3.62. The number of benzene rings is 1. The number of carbonyl (C=O) groups is 2. The highest BCUT2D eigenvalue weighted by molar-refractivity contribution is 5.93. The molecule has 2 aromatic heterocycles. The Balaban J connectivity index is 1.39. The average Bonchev–Trinajstić information content (AvgIpc) is 3.39. The number of ether oxygens (including phenoxy) is 1. The van der Waals surface area contributed by atoms with Gasteiger partial charge in [-0.15, -0.1) is 5.10 Å². The molecule has 3 heterocycles. The smallest absolute Gasteiger partial charge is 0.287 e. The molecule has 0 radical (unpaired) electrons. The number of carbonyl (C=O) groups excluding carboxylic acids is 2. The fourth-order valence-corrected chi connectivity index (χ4v) is 3.70. The number of nitrogens with zero attached hydrogens (tertiary/aromatic N) is 4. The van der Waals surface area contributed by atoms with Gasteiger partial charge in [-0.2, -0.15) is 0 Å². The van der Waals surface area contributed by atoms with Crippen LogP contribution < -0.4 is 10.1 Å². The van der Waals surface area contributed by atoms with Gasteiger partial charge >= 0.3 is 0 Å². The van der Waals surface area contributed by atoms with Crippen molar-refractivity contribution >= 4 is 11.8 Å². The minimum Gasteiger partial charge on any atom is -0.497 e. The molecule has 0 saturated carbocycles. The van der Waals surface area contributed by atoms with Gasteiger partial charge in [0.1, 0.15) is 11.5 Å². The fraction of sp³-hybridized carbons (Fsp3) is 0.364. The summed E-state index contributed by atoms with van der Waals surface area (Å²) in [5, 5.41) is 11.3. The van der Waals surface area contributed by atoms with E-state index in [2.05, 4.69) is 15.6 Å². The third-order valence-electron chi connectivity index (χ3n) is 5.48. The molecule has 4 rings (SSSR count). The zero-order valence-electron chi connectivity index (χ0n) is 17.8. The Bertz CT molecular complexity index is 1100. The summed E-state index contributed by atoms with van der Waals surface area (Å²) < 4.78 is 12.3. The van der Waals surface area contributed by atoms with Gasteiger partial charge in [0.05, 0.1) is 18.5 Å². The van der Waals surface area contributed by atoms with Crippen molar-refractivity contribution in [1.29, 1.82) is 0 Å². The molecule has 0 spiro atoms. The summed E-state index contributed by atoms with van der Waals surface area (Å²) in [6.45, 7) is 4.69. The van der Waals surface area contributed by atoms with Gasteiger partial charge in [0.2, 0.25) is 0 Å². The SMILES string of the molecule is COc1cccc(-n2nnc(C(=O)N3CCC(NC(=O)c4ccc(C)o4)CC3)c2C)c1. The molecular weight excluding hydrogens is 398 g/mol. The summed E-state index contributed by atoms with van der Waals surface area (Å²) in [6, 6.07) is 10.8. The number of amides is 2. The van der Waals surface area contributed by atoms with E-state index >= 15 is 0 Å². The number of hydrogen-bond acceptors (Lipinski definition) is 6. The molecule has 1 aliphatic rings. The standard InChI is InChI=1S/C22H25N5O4/c1-14-7-8-19(31-14)21(28)23-16-9-11-26(12-10-16)22(29)20-15(2)27(25-24-20)17-5-4-6-18(13-17)30-3/h4-8,13,16H,9-12H2,1-3H3,(H,23,28). The Morgan fingerprint density at radius 1 is 1.16 bits per heavy atom. The molecule has 1 fully saturated rings. The number of rotatable bonds is 5. The fourth-order valence-electron chi connectivity index (χ4n) is 3.70. The number of hydrogen-bond donors (Lipinski definition) is 1. The first kappa shape index (κ1) is 20.6. The Kier molecular flexibility index (Phi) is 5.75. The lowest BCUT2D eigenvalue weighted by Crippen LogP contribution is -2.46. The maximum Gasteiger partial charge on any atom is 0.287 e. The second kappa shape index (κ2) is 8.63. The predicted octanol–water partition coefficient (Wildman–Crippen LogP) is 2.52. The minimum atomic E-state index is -0.227. The van der Waals surface area contributed by atoms with Crippen molar-refractivity contribution < 1.29 is 18.7 Å². The molecule has 0 bridgehead atoms. The zero-order chi connectivity index (χ0) is 22.0. The van der Waals surface area contributed by atoms with E-state index in [1.807, 2.05) is 31.2 Å². The van der Waals surface area contributed by atoms with Crippen LogP contribution in [0.4, 0.5) is 0 Å². The highest BCUT2D eigenvalue weighted by atomic mass is 16.5. The topological polar surface area (TPSA) is 102 Å². The predicted molar refractivity (Wildman–Crippen MR) is 112 cm³/mol. The largest absolute Gasteiger partial charge is 0.497 e. The van der Waals surface area contributed by atoms with E-state index in [1.54, 1.807) is 35.7 Å². The van der Waals surface area contributed by atoms with Gasteiger partial charge < -0.3 is 19.4 Å². The van der Waals surface area contributed by atoms with Crippen molar-refractivity contribution in [1.82, 2.24) is 25.2 Å². The average molecular weight is 423 g/mol. The number of furan rings is 1. The number of aromatic nitrogens is 3. The van der Waals surface area contributed by atoms with Gasteiger partial charge in [-0.3, -0.25) is 9.59 Å². The second-order valence-corrected chi connectivity index (χ2v) is 7.59. The van der Waals surface area contributed by atoms with Crippen LogP contribution in [0.2, 0.25) is 0 Å². The van der Waals surface area contributed by atoms with E-state index in [1.165, 1.54) is 0 Å². The van der Waals surface area contributed by atoms with Gasteiger partial charge in [0.15, 0.2) is 11.5 Å². The molecule has 162 valence electrons. The monoisotopic (exact) mass is 423 g/mol. The van der Waals surface area contributed by atoms with E-state index in [-0.39, 0.29) is 17.9 Å². The van der Waals surface area contributed by atoms with Crippen LogP contribution in [0.1, 0.15) is 45.3 Å². The highest BCUT2D eigenvalue weighted by Gasteiger charge is 2.28. The van der Waals surface area contributed by atoms with Gasteiger partial charge in [-0.1, -0.05) is 11.3 Å². The Morgan fingerprint density at radius 2 is 1.94 bits per heavy atom. The number of piperidine rings is 1. The molecule has 3 aromatic rings. The number of methoxy groups -OCH3 is 1. The van der Waals surface area contributed by atoms with Gasteiger partial charge in [0.25, 0.3) is 11.8 Å². The van der Waals surface area contributed by atoms with Crippen LogP contribution in [-0.2, 0) is 0 Å². The molecule has 1 aliphatic heterocycles. The van der Waals surface area contributed by atoms with Crippen molar-refractivity contribution in [3.05, 3.63) is 59.3 Å². The van der Waals surface area contributed by atoms with Crippen LogP contribution in [-0.4, -0.2) is 57.9 Å². The van der Waals surface area contributed by atoms with Crippen LogP contribution in [0.25, 0.3) is 5.69 Å². The summed E-state index contributed by atoms with van der Waals surface area (Å²) in [7, 11) is 1.60. The lowest BCUT2D eigenvalue weighted by molar-refractivity contribution is 0.0689. The maximum atomic E-state index is 13.0. The van der Waals surface area contributed by atoms with Crippen molar-refractivity contribution in [2.75, 3.05) is 20.2 Å². The molecule has 9 heteroatoms. The van der Waals surface area contributed by atoms with E-state index in [9.17, 15) is 9.59 Å². The molecule has 1 saturated heterocycles. The minimum absolute atomic E-state index is 0.00415. The zero-order valence-corrected chi connectivity index (χ0v) is 17.8. The van der Waals surface area contributed by atoms with Gasteiger partial charge in [-0.05, 0) is 51.0 Å². The third-order valence-corrected chi connectivity index (χ3v) is 5.48. The third kappa shape index (κ3) is 4.30. The quantitative estimate of drug-likeness (QED) is 0.677. The van der Waals surface area contributed by atoms with Crippen LogP contribution >= 0.6 is 0 Å². The molecule has 31 heavy (non-hydrogen) atoms. The highest BCUT2D eigenvalue weighted by Crippen LogP contribution is 2.20. The number of likely N-dealkylation sites (tertiary alicyclic amines) is 1. The van der Waals surface area contributed by atoms with Crippen molar-refractivity contribution in [2.24, 2.45) is 0 Å².